The fraction of sp³-hybridized carbons (Fsp3) is 0.940. The van der Waals surface area contributed by atoms with Gasteiger partial charge in [-0.15, -0.1) is 0 Å². The number of carbonyl (C=O) groups is 4. The summed E-state index contributed by atoms with van der Waals surface area (Å²) in [5, 5.41) is 10.5. The van der Waals surface area contributed by atoms with Gasteiger partial charge in [0.15, 0.2) is 12.2 Å². The van der Waals surface area contributed by atoms with E-state index >= 15 is 0 Å². The standard InChI is InChI=1S/C67H130O17P2/c1-7-9-11-13-15-16-17-18-19-20-21-22-23-24-25-26-32-39-45-51-66(71)83-62(56-78-65(70)50-44-38-31-28-27-30-35-41-47-59(3)4)57-81-85(73,74)79-53-61(68)54-80-86(75,76)82-58-63(55-77-64(69)49-43-37-29-14-12-10-8-2)84-67(72)52-46-40-34-33-36-42-48-60(5)6/h59-63,68H,7-58H2,1-6H3,(H,73,74)(H,75,76)/t61-,62-,63-/m1/s1. The molecule has 0 spiro atoms. The van der Waals surface area contributed by atoms with E-state index in [0.29, 0.717) is 31.6 Å². The van der Waals surface area contributed by atoms with Gasteiger partial charge in [-0.3, -0.25) is 37.3 Å². The second kappa shape index (κ2) is 59.4. The van der Waals surface area contributed by atoms with Crippen LogP contribution >= 0.6 is 15.6 Å². The molecule has 3 N–H and O–H groups in total. The molecule has 510 valence electrons. The highest BCUT2D eigenvalue weighted by molar-refractivity contribution is 7.47. The van der Waals surface area contributed by atoms with Crippen molar-refractivity contribution in [2.24, 2.45) is 11.8 Å². The van der Waals surface area contributed by atoms with Crippen LogP contribution in [0.25, 0.3) is 0 Å². The van der Waals surface area contributed by atoms with Gasteiger partial charge in [-0.1, -0.05) is 286 Å². The van der Waals surface area contributed by atoms with E-state index < -0.39 is 97.5 Å². The van der Waals surface area contributed by atoms with Crippen molar-refractivity contribution in [3.63, 3.8) is 0 Å². The minimum absolute atomic E-state index is 0.102. The summed E-state index contributed by atoms with van der Waals surface area (Å²) in [6.07, 6.45) is 43.5. The SMILES string of the molecule is CCCCCCCCCCCCCCCCCCCCCC(=O)O[C@H](COC(=O)CCCCCCCCCCC(C)C)COP(=O)(O)OC[C@@H](O)COP(=O)(O)OC[C@@H](COC(=O)CCCCCCCCC)OC(=O)CCCCCCCCC(C)C. The van der Waals surface area contributed by atoms with Crippen LogP contribution in [-0.4, -0.2) is 96.7 Å². The minimum atomic E-state index is -4.95. The molecule has 0 rings (SSSR count). The summed E-state index contributed by atoms with van der Waals surface area (Å²) in [5.41, 5.74) is 0. The Hall–Kier alpha value is -1.94. The lowest BCUT2D eigenvalue weighted by atomic mass is 10.0. The van der Waals surface area contributed by atoms with Crippen molar-refractivity contribution in [1.29, 1.82) is 0 Å². The van der Waals surface area contributed by atoms with E-state index in [-0.39, 0.29) is 25.7 Å². The Morgan fingerprint density at radius 3 is 0.791 bits per heavy atom. The Morgan fingerprint density at radius 1 is 0.314 bits per heavy atom. The monoisotopic (exact) mass is 1270 g/mol. The summed E-state index contributed by atoms with van der Waals surface area (Å²) >= 11 is 0. The highest BCUT2D eigenvalue weighted by Crippen LogP contribution is 2.45. The maximum Gasteiger partial charge on any atom is 0.472 e. The van der Waals surface area contributed by atoms with Gasteiger partial charge in [0, 0.05) is 25.7 Å². The van der Waals surface area contributed by atoms with Gasteiger partial charge in [0.2, 0.25) is 0 Å². The third kappa shape index (κ3) is 60.9. The molecule has 0 aliphatic rings. The highest BCUT2D eigenvalue weighted by atomic mass is 31.2. The molecule has 0 bridgehead atoms. The number of carbonyl (C=O) groups excluding carboxylic acids is 4. The van der Waals surface area contributed by atoms with Crippen LogP contribution in [0.5, 0.6) is 0 Å². The van der Waals surface area contributed by atoms with Crippen molar-refractivity contribution in [3.8, 4) is 0 Å². The maximum absolute atomic E-state index is 13.0. The first-order valence-corrected chi connectivity index (χ1v) is 38.0. The molecule has 0 aromatic heterocycles. The number of hydrogen-bond donors (Lipinski definition) is 3. The van der Waals surface area contributed by atoms with Gasteiger partial charge in [-0.25, -0.2) is 9.13 Å². The molecule has 0 aliphatic carbocycles. The largest absolute Gasteiger partial charge is 0.472 e. The van der Waals surface area contributed by atoms with Gasteiger partial charge in [0.25, 0.3) is 0 Å². The molecule has 0 fully saturated rings. The number of phosphoric acid groups is 2. The topological polar surface area (TPSA) is 237 Å². The molecule has 0 amide bonds. The maximum atomic E-state index is 13.0. The number of ether oxygens (including phenoxy) is 4. The van der Waals surface area contributed by atoms with Crippen LogP contribution in [0.4, 0.5) is 0 Å². The number of phosphoric ester groups is 2. The fourth-order valence-electron chi connectivity index (χ4n) is 10.1. The molecular weight excluding hydrogens is 1140 g/mol. The molecule has 19 heteroatoms. The van der Waals surface area contributed by atoms with Gasteiger partial charge >= 0.3 is 39.5 Å². The van der Waals surface area contributed by atoms with Crippen molar-refractivity contribution in [2.75, 3.05) is 39.6 Å². The van der Waals surface area contributed by atoms with Crippen molar-refractivity contribution in [3.05, 3.63) is 0 Å². The number of rotatable bonds is 66. The Labute approximate surface area is 524 Å². The lowest BCUT2D eigenvalue weighted by Crippen LogP contribution is -2.30. The smallest absolute Gasteiger partial charge is 0.462 e. The molecule has 0 saturated carbocycles. The average Bonchev–Trinajstić information content (AvgIpc) is 3.65. The van der Waals surface area contributed by atoms with Crippen LogP contribution in [0, 0.1) is 11.8 Å². The third-order valence-corrected chi connectivity index (χ3v) is 17.4. The lowest BCUT2D eigenvalue weighted by Gasteiger charge is -2.21. The number of esters is 4. The van der Waals surface area contributed by atoms with Gasteiger partial charge in [-0.2, -0.15) is 0 Å². The molecule has 0 heterocycles. The number of aliphatic hydroxyl groups is 1. The summed E-state index contributed by atoms with van der Waals surface area (Å²) < 4.78 is 68.0. The van der Waals surface area contributed by atoms with E-state index in [9.17, 15) is 43.2 Å². The zero-order valence-corrected chi connectivity index (χ0v) is 57.4. The number of aliphatic hydroxyl groups excluding tert-OH is 1. The van der Waals surface area contributed by atoms with E-state index in [0.717, 1.165) is 109 Å². The highest BCUT2D eigenvalue weighted by Gasteiger charge is 2.30. The van der Waals surface area contributed by atoms with Crippen molar-refractivity contribution in [1.82, 2.24) is 0 Å². The van der Waals surface area contributed by atoms with Gasteiger partial charge < -0.3 is 33.8 Å². The summed E-state index contributed by atoms with van der Waals surface area (Å²) in [6.45, 7) is 9.35. The molecule has 17 nitrogen and oxygen atoms in total. The van der Waals surface area contributed by atoms with Crippen LogP contribution in [0.2, 0.25) is 0 Å². The Morgan fingerprint density at radius 2 is 0.535 bits per heavy atom. The van der Waals surface area contributed by atoms with E-state index in [1.165, 1.54) is 141 Å². The quantitative estimate of drug-likeness (QED) is 0.0222. The summed E-state index contributed by atoms with van der Waals surface area (Å²) in [5.74, 6) is -0.743. The van der Waals surface area contributed by atoms with Crippen LogP contribution in [0.15, 0.2) is 0 Å². The van der Waals surface area contributed by atoms with E-state index in [4.69, 9.17) is 37.0 Å². The predicted molar refractivity (Wildman–Crippen MR) is 345 cm³/mol. The average molecular weight is 1270 g/mol. The molecule has 0 aromatic carbocycles. The number of hydrogen-bond acceptors (Lipinski definition) is 15. The Bertz CT molecular complexity index is 1680. The second-order valence-electron chi connectivity index (χ2n) is 25.2. The summed E-state index contributed by atoms with van der Waals surface area (Å²) in [7, 11) is -9.89. The van der Waals surface area contributed by atoms with Gasteiger partial charge in [-0.05, 0) is 37.5 Å². The lowest BCUT2D eigenvalue weighted by molar-refractivity contribution is -0.161. The van der Waals surface area contributed by atoms with Crippen LogP contribution in [-0.2, 0) is 65.4 Å². The van der Waals surface area contributed by atoms with E-state index in [2.05, 4.69) is 41.5 Å². The first kappa shape index (κ1) is 84.1. The summed E-state index contributed by atoms with van der Waals surface area (Å²) in [4.78, 5) is 72.2. The molecule has 0 radical (unpaired) electrons. The van der Waals surface area contributed by atoms with Crippen LogP contribution in [0.1, 0.15) is 337 Å². The second-order valence-corrected chi connectivity index (χ2v) is 28.1. The van der Waals surface area contributed by atoms with E-state index in [1.807, 2.05) is 0 Å². The predicted octanol–water partition coefficient (Wildman–Crippen LogP) is 18.8. The first-order valence-electron chi connectivity index (χ1n) is 35.0. The zero-order valence-electron chi connectivity index (χ0n) is 55.6. The molecular formula is C67H130O17P2. The Balaban J connectivity index is 5.15. The van der Waals surface area contributed by atoms with Crippen molar-refractivity contribution < 1.29 is 80.2 Å². The number of unbranched alkanes of at least 4 members (excludes halogenated alkanes) is 36. The molecule has 5 atom stereocenters. The molecule has 0 saturated heterocycles. The molecule has 0 aliphatic heterocycles. The van der Waals surface area contributed by atoms with Crippen molar-refractivity contribution >= 4 is 39.5 Å². The van der Waals surface area contributed by atoms with E-state index in [1.54, 1.807) is 0 Å². The summed E-state index contributed by atoms with van der Waals surface area (Å²) in [6, 6.07) is 0. The first-order chi connectivity index (χ1) is 41.4. The van der Waals surface area contributed by atoms with Crippen LogP contribution in [0.3, 0.4) is 0 Å². The van der Waals surface area contributed by atoms with Gasteiger partial charge in [0.1, 0.15) is 19.3 Å². The van der Waals surface area contributed by atoms with Crippen molar-refractivity contribution in [2.45, 2.75) is 355 Å². The van der Waals surface area contributed by atoms with Crippen LogP contribution < -0.4 is 0 Å². The van der Waals surface area contributed by atoms with Gasteiger partial charge in [0.05, 0.1) is 26.4 Å². The molecule has 86 heavy (non-hydrogen) atoms. The fourth-order valence-corrected chi connectivity index (χ4v) is 11.6. The Kier molecular flexibility index (Phi) is 58.0. The molecule has 2 unspecified atom stereocenters. The minimum Gasteiger partial charge on any atom is -0.462 e. The zero-order chi connectivity index (χ0) is 63.6. The normalized spacial score (nSPS) is 14.2. The third-order valence-electron chi connectivity index (χ3n) is 15.5. The molecule has 0 aromatic rings.